The smallest absolute Gasteiger partial charge is 0.256 e. The Morgan fingerprint density at radius 3 is 2.63 bits per heavy atom. The van der Waals surface area contributed by atoms with Crippen molar-refractivity contribution in [2.45, 2.75) is 56.9 Å². The molecule has 0 radical (unpaired) electrons. The first-order chi connectivity index (χ1) is 16.6. The lowest BCUT2D eigenvalue weighted by atomic mass is 9.97. The first-order valence-corrected chi connectivity index (χ1v) is 14.1. The monoisotopic (exact) mass is 519 g/mol. The fourth-order valence-electron chi connectivity index (χ4n) is 4.80. The topological polar surface area (TPSA) is 96.7 Å². The Kier molecular flexibility index (Phi) is 6.21. The summed E-state index contributed by atoms with van der Waals surface area (Å²) in [5.74, 6) is -0.765. The van der Waals surface area contributed by atoms with Crippen LogP contribution in [0.15, 0.2) is 24.3 Å². The highest BCUT2D eigenvalue weighted by molar-refractivity contribution is 7.92. The highest BCUT2D eigenvalue weighted by Gasteiger charge is 2.33. The van der Waals surface area contributed by atoms with Crippen LogP contribution in [0.1, 0.15) is 77.1 Å². The van der Waals surface area contributed by atoms with Gasteiger partial charge in [0.15, 0.2) is 5.65 Å². The number of aryl methyl sites for hydroxylation is 1. The van der Waals surface area contributed by atoms with E-state index in [4.69, 9.17) is 21.7 Å². The SMILES string of the molecule is Cc1cc(C2CC2)nc2cc([C@@H]3CCCCN3C(=O)c3cc(F)cc(CCl)c3NS(C)(=O)=O)nn12. The zero-order valence-electron chi connectivity index (χ0n) is 19.6. The molecule has 0 bridgehead atoms. The van der Waals surface area contributed by atoms with Crippen molar-refractivity contribution in [1.29, 1.82) is 0 Å². The number of aromatic nitrogens is 3. The van der Waals surface area contributed by atoms with E-state index in [1.807, 2.05) is 13.0 Å². The largest absolute Gasteiger partial charge is 0.330 e. The van der Waals surface area contributed by atoms with Crippen LogP contribution < -0.4 is 4.72 Å². The Morgan fingerprint density at radius 2 is 1.94 bits per heavy atom. The van der Waals surface area contributed by atoms with Gasteiger partial charge in [-0.2, -0.15) is 5.10 Å². The summed E-state index contributed by atoms with van der Waals surface area (Å²) in [7, 11) is -3.73. The van der Waals surface area contributed by atoms with E-state index in [-0.39, 0.29) is 28.7 Å². The molecule has 1 N–H and O–H groups in total. The summed E-state index contributed by atoms with van der Waals surface area (Å²) in [5, 5.41) is 4.77. The van der Waals surface area contributed by atoms with E-state index in [1.54, 1.807) is 9.42 Å². The number of sulfonamides is 1. The van der Waals surface area contributed by atoms with E-state index in [0.29, 0.717) is 24.6 Å². The van der Waals surface area contributed by atoms with Crippen LogP contribution in [-0.4, -0.2) is 46.6 Å². The summed E-state index contributed by atoms with van der Waals surface area (Å²) in [6.45, 7) is 2.44. The number of piperidine rings is 1. The van der Waals surface area contributed by atoms with Crippen LogP contribution in [-0.2, 0) is 15.9 Å². The number of fused-ring (bicyclic) bond motifs is 1. The van der Waals surface area contributed by atoms with Gasteiger partial charge >= 0.3 is 0 Å². The average molecular weight is 520 g/mol. The van der Waals surface area contributed by atoms with Crippen LogP contribution in [0, 0.1) is 12.7 Å². The second-order valence-corrected chi connectivity index (χ2v) is 11.5. The zero-order valence-corrected chi connectivity index (χ0v) is 21.2. The number of anilines is 1. The van der Waals surface area contributed by atoms with Gasteiger partial charge < -0.3 is 4.90 Å². The number of likely N-dealkylation sites (tertiary alicyclic amines) is 1. The first kappa shape index (κ1) is 24.0. The second-order valence-electron chi connectivity index (χ2n) is 9.44. The Balaban J connectivity index is 1.55. The number of nitrogens with zero attached hydrogens (tertiary/aromatic N) is 4. The Morgan fingerprint density at radius 1 is 1.17 bits per heavy atom. The number of rotatable bonds is 6. The van der Waals surface area contributed by atoms with Gasteiger partial charge in [-0.15, -0.1) is 11.6 Å². The van der Waals surface area contributed by atoms with Gasteiger partial charge in [0.05, 0.1) is 29.2 Å². The number of carbonyl (C=O) groups excluding carboxylic acids is 1. The number of amides is 1. The van der Waals surface area contributed by atoms with Gasteiger partial charge in [0.25, 0.3) is 5.91 Å². The van der Waals surface area contributed by atoms with Gasteiger partial charge in [-0.3, -0.25) is 9.52 Å². The lowest BCUT2D eigenvalue weighted by Gasteiger charge is -2.35. The Bertz CT molecular complexity index is 1420. The molecule has 2 fully saturated rings. The fourth-order valence-corrected chi connectivity index (χ4v) is 5.62. The van der Waals surface area contributed by atoms with Crippen molar-refractivity contribution in [3.63, 3.8) is 0 Å². The molecule has 0 spiro atoms. The van der Waals surface area contributed by atoms with Crippen molar-refractivity contribution in [3.05, 3.63) is 58.3 Å². The maximum atomic E-state index is 14.4. The Hall–Kier alpha value is -2.72. The molecule has 2 aromatic heterocycles. The third kappa shape index (κ3) is 4.86. The number of hydrogen-bond acceptors (Lipinski definition) is 5. The van der Waals surface area contributed by atoms with Gasteiger partial charge in [0.2, 0.25) is 10.0 Å². The highest BCUT2D eigenvalue weighted by Crippen LogP contribution is 2.40. The summed E-state index contributed by atoms with van der Waals surface area (Å²) >= 11 is 5.97. The molecule has 1 aliphatic heterocycles. The average Bonchev–Trinajstić information content (AvgIpc) is 3.57. The fraction of sp³-hybridized carbons (Fsp3) is 0.458. The molecular weight excluding hydrogens is 493 g/mol. The van der Waals surface area contributed by atoms with Crippen LogP contribution >= 0.6 is 11.6 Å². The van der Waals surface area contributed by atoms with E-state index in [2.05, 4.69) is 10.8 Å². The molecule has 35 heavy (non-hydrogen) atoms. The molecule has 1 amide bonds. The maximum Gasteiger partial charge on any atom is 0.256 e. The minimum atomic E-state index is -3.73. The molecule has 5 rings (SSSR count). The lowest BCUT2D eigenvalue weighted by molar-refractivity contribution is 0.0606. The van der Waals surface area contributed by atoms with Crippen molar-refractivity contribution in [2.24, 2.45) is 0 Å². The molecule has 2 aliphatic rings. The number of carbonyl (C=O) groups is 1. The van der Waals surface area contributed by atoms with Gasteiger partial charge in [-0.1, -0.05) is 0 Å². The second kappa shape index (κ2) is 9.05. The molecule has 1 saturated carbocycles. The standard InChI is InChI=1S/C24H27ClFN5O3S/c1-14-9-19(15-6-7-15)27-22-12-20(28-31(14)22)21-5-3-4-8-30(21)24(32)18-11-17(26)10-16(13-25)23(18)29-35(2,33)34/h9-12,15,21,29H,3-8,13H2,1-2H3/t21-/m0/s1. The quantitative estimate of drug-likeness (QED) is 0.482. The van der Waals surface area contributed by atoms with E-state index in [0.717, 1.165) is 61.1 Å². The van der Waals surface area contributed by atoms with E-state index < -0.39 is 21.7 Å². The molecule has 8 nitrogen and oxygen atoms in total. The number of hydrogen-bond donors (Lipinski definition) is 1. The first-order valence-electron chi connectivity index (χ1n) is 11.7. The molecule has 3 aromatic rings. The minimum absolute atomic E-state index is 0.0137. The zero-order chi connectivity index (χ0) is 24.9. The summed E-state index contributed by atoms with van der Waals surface area (Å²) < 4.78 is 42.6. The number of alkyl halides is 1. The molecule has 0 unspecified atom stereocenters. The van der Waals surface area contributed by atoms with Gasteiger partial charge in [-0.05, 0) is 62.8 Å². The molecule has 3 heterocycles. The Labute approximate surface area is 208 Å². The summed E-state index contributed by atoms with van der Waals surface area (Å²) in [6.07, 6.45) is 5.66. The minimum Gasteiger partial charge on any atom is -0.330 e. The van der Waals surface area contributed by atoms with Crippen LogP contribution in [0.2, 0.25) is 0 Å². The molecule has 186 valence electrons. The normalized spacial score (nSPS) is 18.7. The van der Waals surface area contributed by atoms with Crippen LogP contribution in [0.4, 0.5) is 10.1 Å². The summed E-state index contributed by atoms with van der Waals surface area (Å²) in [4.78, 5) is 20.2. The third-order valence-electron chi connectivity index (χ3n) is 6.59. The van der Waals surface area contributed by atoms with Gasteiger partial charge in [0.1, 0.15) is 5.82 Å². The van der Waals surface area contributed by atoms with Crippen molar-refractivity contribution >= 4 is 38.9 Å². The van der Waals surface area contributed by atoms with Crippen molar-refractivity contribution < 1.29 is 17.6 Å². The van der Waals surface area contributed by atoms with Crippen molar-refractivity contribution in [3.8, 4) is 0 Å². The number of halogens is 2. The number of nitrogens with one attached hydrogen (secondary N) is 1. The van der Waals surface area contributed by atoms with Gasteiger partial charge in [0, 0.05) is 35.8 Å². The van der Waals surface area contributed by atoms with Crippen LogP contribution in [0.25, 0.3) is 5.65 Å². The van der Waals surface area contributed by atoms with Crippen LogP contribution in [0.5, 0.6) is 0 Å². The van der Waals surface area contributed by atoms with E-state index in [1.165, 1.54) is 0 Å². The summed E-state index contributed by atoms with van der Waals surface area (Å²) in [5.41, 5.74) is 3.67. The van der Waals surface area contributed by atoms with Gasteiger partial charge in [-0.25, -0.2) is 22.3 Å². The molecule has 1 aliphatic carbocycles. The molecule has 1 atom stereocenters. The third-order valence-corrected chi connectivity index (χ3v) is 7.45. The molecular formula is C24H27ClFN5O3S. The van der Waals surface area contributed by atoms with Crippen LogP contribution in [0.3, 0.4) is 0 Å². The molecule has 11 heteroatoms. The predicted octanol–water partition coefficient (Wildman–Crippen LogP) is 4.53. The molecule has 1 aromatic carbocycles. The number of benzene rings is 1. The predicted molar refractivity (Wildman–Crippen MR) is 132 cm³/mol. The molecule has 1 saturated heterocycles. The van der Waals surface area contributed by atoms with E-state index in [9.17, 15) is 17.6 Å². The van der Waals surface area contributed by atoms with Crippen molar-refractivity contribution in [1.82, 2.24) is 19.5 Å². The van der Waals surface area contributed by atoms with Crippen molar-refractivity contribution in [2.75, 3.05) is 17.5 Å². The van der Waals surface area contributed by atoms with E-state index >= 15 is 0 Å². The maximum absolute atomic E-state index is 14.4. The lowest BCUT2D eigenvalue weighted by Crippen LogP contribution is -2.39. The highest BCUT2D eigenvalue weighted by atomic mass is 35.5. The summed E-state index contributed by atoms with van der Waals surface area (Å²) in [6, 6.07) is 5.85.